The van der Waals surface area contributed by atoms with E-state index in [1.165, 1.54) is 17.1 Å². The molecule has 0 fully saturated rings. The van der Waals surface area contributed by atoms with Gasteiger partial charge in [0.05, 0.1) is 25.0 Å². The van der Waals surface area contributed by atoms with Crippen molar-refractivity contribution >= 4 is 11.9 Å². The molecule has 0 saturated heterocycles. The largest absolute Gasteiger partial charge is 0.464 e. The lowest BCUT2D eigenvalue weighted by molar-refractivity contribution is -0.147. The van der Waals surface area contributed by atoms with Crippen molar-refractivity contribution in [1.29, 1.82) is 0 Å². The standard InChI is InChI=1S/C12H18N2O4/c1-4-10(12(16)18-6-3)14-8-9(7-13-14)11(15)17-5-2/h7-8,10H,4-6H2,1-3H3. The summed E-state index contributed by atoms with van der Waals surface area (Å²) in [7, 11) is 0. The van der Waals surface area contributed by atoms with Gasteiger partial charge in [0.2, 0.25) is 0 Å². The summed E-state index contributed by atoms with van der Waals surface area (Å²) in [5.41, 5.74) is 0.333. The van der Waals surface area contributed by atoms with Gasteiger partial charge < -0.3 is 9.47 Å². The number of carbonyl (C=O) groups excluding carboxylic acids is 2. The number of nitrogens with zero attached hydrogens (tertiary/aromatic N) is 2. The summed E-state index contributed by atoms with van der Waals surface area (Å²) in [5.74, 6) is -0.791. The van der Waals surface area contributed by atoms with E-state index < -0.39 is 12.0 Å². The highest BCUT2D eigenvalue weighted by molar-refractivity contribution is 5.88. The molecule has 0 N–H and O–H groups in total. The fourth-order valence-electron chi connectivity index (χ4n) is 1.53. The zero-order valence-electron chi connectivity index (χ0n) is 10.9. The van der Waals surface area contributed by atoms with Crippen LogP contribution in [0.5, 0.6) is 0 Å². The lowest BCUT2D eigenvalue weighted by Crippen LogP contribution is -2.21. The number of hydrogen-bond acceptors (Lipinski definition) is 5. The SMILES string of the molecule is CCOC(=O)c1cnn(C(CC)C(=O)OCC)c1. The van der Waals surface area contributed by atoms with Crippen LogP contribution in [0, 0.1) is 0 Å². The van der Waals surface area contributed by atoms with Crippen LogP contribution in [0.15, 0.2) is 12.4 Å². The summed E-state index contributed by atoms with van der Waals surface area (Å²) in [4.78, 5) is 23.2. The normalized spacial score (nSPS) is 11.9. The van der Waals surface area contributed by atoms with E-state index in [2.05, 4.69) is 5.10 Å². The fourth-order valence-corrected chi connectivity index (χ4v) is 1.53. The summed E-state index contributed by atoms with van der Waals surface area (Å²) in [6.45, 7) is 5.96. The van der Waals surface area contributed by atoms with E-state index in [0.29, 0.717) is 25.2 Å². The molecule has 0 spiro atoms. The predicted molar refractivity (Wildman–Crippen MR) is 64.1 cm³/mol. The Bertz CT molecular complexity index is 414. The third-order valence-electron chi connectivity index (χ3n) is 2.38. The van der Waals surface area contributed by atoms with Gasteiger partial charge in [-0.05, 0) is 20.3 Å². The number of hydrogen-bond donors (Lipinski definition) is 0. The van der Waals surface area contributed by atoms with E-state index in [0.717, 1.165) is 0 Å². The molecule has 1 aromatic heterocycles. The Kier molecular flexibility index (Phi) is 5.35. The first-order chi connectivity index (χ1) is 8.63. The van der Waals surface area contributed by atoms with Gasteiger partial charge in [0.15, 0.2) is 0 Å². The second-order valence-corrected chi connectivity index (χ2v) is 3.61. The quantitative estimate of drug-likeness (QED) is 0.721. The van der Waals surface area contributed by atoms with Crippen LogP contribution in [0.3, 0.4) is 0 Å². The predicted octanol–water partition coefficient (Wildman–Crippen LogP) is 1.57. The third-order valence-corrected chi connectivity index (χ3v) is 2.38. The number of carbonyl (C=O) groups is 2. The van der Waals surface area contributed by atoms with Gasteiger partial charge in [-0.3, -0.25) is 4.68 Å². The molecule has 0 aromatic carbocycles. The minimum atomic E-state index is -0.506. The average molecular weight is 254 g/mol. The summed E-state index contributed by atoms with van der Waals surface area (Å²) < 4.78 is 11.2. The second kappa shape index (κ2) is 6.78. The molecule has 1 rings (SSSR count). The smallest absolute Gasteiger partial charge is 0.341 e. The van der Waals surface area contributed by atoms with Crippen LogP contribution in [0.4, 0.5) is 0 Å². The molecule has 0 amide bonds. The maximum absolute atomic E-state index is 11.7. The first kappa shape index (κ1) is 14.2. The molecule has 1 heterocycles. The molecule has 1 atom stereocenters. The minimum absolute atomic E-state index is 0.305. The molecule has 0 aliphatic carbocycles. The molecule has 100 valence electrons. The van der Waals surface area contributed by atoms with Gasteiger partial charge >= 0.3 is 11.9 Å². The van der Waals surface area contributed by atoms with Gasteiger partial charge in [-0.25, -0.2) is 9.59 Å². The van der Waals surface area contributed by atoms with Crippen molar-refractivity contribution in [3.8, 4) is 0 Å². The maximum Gasteiger partial charge on any atom is 0.341 e. The van der Waals surface area contributed by atoms with Crippen LogP contribution in [0.1, 0.15) is 43.6 Å². The van der Waals surface area contributed by atoms with Crippen LogP contribution in [-0.4, -0.2) is 34.9 Å². The van der Waals surface area contributed by atoms with Crippen molar-refractivity contribution in [3.05, 3.63) is 18.0 Å². The molecule has 18 heavy (non-hydrogen) atoms. The number of ether oxygens (including phenoxy) is 2. The highest BCUT2D eigenvalue weighted by atomic mass is 16.5. The number of rotatable bonds is 6. The Hall–Kier alpha value is -1.85. The third kappa shape index (κ3) is 3.32. The lowest BCUT2D eigenvalue weighted by atomic mass is 10.2. The number of aromatic nitrogens is 2. The van der Waals surface area contributed by atoms with Crippen molar-refractivity contribution in [2.24, 2.45) is 0 Å². The fraction of sp³-hybridized carbons (Fsp3) is 0.583. The van der Waals surface area contributed by atoms with Gasteiger partial charge in [-0.2, -0.15) is 5.10 Å². The first-order valence-corrected chi connectivity index (χ1v) is 6.01. The monoisotopic (exact) mass is 254 g/mol. The highest BCUT2D eigenvalue weighted by Crippen LogP contribution is 2.14. The summed E-state index contributed by atoms with van der Waals surface area (Å²) in [6, 6.07) is -0.506. The van der Waals surface area contributed by atoms with Crippen LogP contribution >= 0.6 is 0 Å². The van der Waals surface area contributed by atoms with Crippen LogP contribution < -0.4 is 0 Å². The van der Waals surface area contributed by atoms with Crippen molar-refractivity contribution in [2.45, 2.75) is 33.2 Å². The van der Waals surface area contributed by atoms with Gasteiger partial charge in [0.1, 0.15) is 6.04 Å². The first-order valence-electron chi connectivity index (χ1n) is 6.01. The highest BCUT2D eigenvalue weighted by Gasteiger charge is 2.22. The summed E-state index contributed by atoms with van der Waals surface area (Å²) in [6.07, 6.45) is 3.44. The van der Waals surface area contributed by atoms with Crippen LogP contribution in [0.2, 0.25) is 0 Å². The molecule has 0 radical (unpaired) electrons. The zero-order chi connectivity index (χ0) is 13.5. The minimum Gasteiger partial charge on any atom is -0.464 e. The molecule has 0 aliphatic heterocycles. The van der Waals surface area contributed by atoms with Gasteiger partial charge in [-0.15, -0.1) is 0 Å². The molecular weight excluding hydrogens is 236 g/mol. The number of esters is 2. The zero-order valence-corrected chi connectivity index (χ0v) is 10.9. The molecular formula is C12H18N2O4. The van der Waals surface area contributed by atoms with E-state index >= 15 is 0 Å². The van der Waals surface area contributed by atoms with E-state index in [4.69, 9.17) is 9.47 Å². The molecule has 1 unspecified atom stereocenters. The molecule has 6 heteroatoms. The van der Waals surface area contributed by atoms with Crippen molar-refractivity contribution in [2.75, 3.05) is 13.2 Å². The Morgan fingerprint density at radius 2 is 1.94 bits per heavy atom. The average Bonchev–Trinajstić information content (AvgIpc) is 2.80. The Balaban J connectivity index is 2.82. The molecule has 6 nitrogen and oxygen atoms in total. The summed E-state index contributed by atoms with van der Waals surface area (Å²) >= 11 is 0. The van der Waals surface area contributed by atoms with E-state index in [9.17, 15) is 9.59 Å². The van der Waals surface area contributed by atoms with Crippen molar-refractivity contribution in [3.63, 3.8) is 0 Å². The van der Waals surface area contributed by atoms with Crippen molar-refractivity contribution < 1.29 is 19.1 Å². The maximum atomic E-state index is 11.7. The molecule has 0 aliphatic rings. The van der Waals surface area contributed by atoms with Crippen molar-refractivity contribution in [1.82, 2.24) is 9.78 Å². The van der Waals surface area contributed by atoms with E-state index in [-0.39, 0.29) is 5.97 Å². The van der Waals surface area contributed by atoms with Gasteiger partial charge in [0, 0.05) is 6.20 Å². The van der Waals surface area contributed by atoms with Gasteiger partial charge in [-0.1, -0.05) is 6.92 Å². The topological polar surface area (TPSA) is 70.4 Å². The van der Waals surface area contributed by atoms with E-state index in [1.54, 1.807) is 13.8 Å². The van der Waals surface area contributed by atoms with Crippen LogP contribution in [0.25, 0.3) is 0 Å². The molecule has 0 saturated carbocycles. The molecule has 1 aromatic rings. The molecule has 0 bridgehead atoms. The second-order valence-electron chi connectivity index (χ2n) is 3.61. The Morgan fingerprint density at radius 3 is 2.50 bits per heavy atom. The summed E-state index contributed by atoms with van der Waals surface area (Å²) in [5, 5.41) is 4.01. The Labute approximate surface area is 106 Å². The van der Waals surface area contributed by atoms with Crippen LogP contribution in [-0.2, 0) is 14.3 Å². The van der Waals surface area contributed by atoms with Gasteiger partial charge in [0.25, 0.3) is 0 Å². The lowest BCUT2D eigenvalue weighted by Gasteiger charge is -2.13. The van der Waals surface area contributed by atoms with E-state index in [1.807, 2.05) is 6.92 Å². The Morgan fingerprint density at radius 1 is 1.28 bits per heavy atom.